The van der Waals surface area contributed by atoms with Gasteiger partial charge in [-0.2, -0.15) is 0 Å². The van der Waals surface area contributed by atoms with E-state index < -0.39 is 12.0 Å². The smallest absolute Gasteiger partial charge is 0.411 e. The molecule has 3 N–H and O–H groups in total. The minimum absolute atomic E-state index is 0.0733. The molecule has 0 aromatic heterocycles. The van der Waals surface area contributed by atoms with Crippen molar-refractivity contribution in [2.45, 2.75) is 31.6 Å². The quantitative estimate of drug-likeness (QED) is 0.705. The van der Waals surface area contributed by atoms with Crippen molar-refractivity contribution in [2.24, 2.45) is 5.92 Å². The van der Waals surface area contributed by atoms with E-state index in [1.165, 1.54) is 25.3 Å². The highest BCUT2D eigenvalue weighted by Crippen LogP contribution is 2.36. The maximum absolute atomic E-state index is 13.1. The maximum atomic E-state index is 13.1. The van der Waals surface area contributed by atoms with Crippen LogP contribution in [0.15, 0.2) is 18.2 Å². The lowest BCUT2D eigenvalue weighted by Gasteiger charge is -2.28. The van der Waals surface area contributed by atoms with E-state index >= 15 is 0 Å². The van der Waals surface area contributed by atoms with Gasteiger partial charge in [-0.15, -0.1) is 0 Å². The van der Waals surface area contributed by atoms with Gasteiger partial charge < -0.3 is 10.1 Å². The van der Waals surface area contributed by atoms with Crippen LogP contribution < -0.4 is 10.6 Å². The minimum atomic E-state index is -2.58. The third-order valence-electron chi connectivity index (χ3n) is 4.05. The minimum Gasteiger partial charge on any atom is -0.453 e. The van der Waals surface area contributed by atoms with Crippen LogP contribution in [0.5, 0.6) is 0 Å². The van der Waals surface area contributed by atoms with E-state index in [0.29, 0.717) is 25.1 Å². The Labute approximate surface area is 137 Å². The molecular formula is C15H20F2N3O4+. The number of nitrogens with one attached hydrogen (secondary N) is 2. The topological polar surface area (TPSA) is 90.7 Å². The lowest BCUT2D eigenvalue weighted by atomic mass is 9.87. The first-order valence-electron chi connectivity index (χ1n) is 7.57. The molecule has 1 aromatic carbocycles. The average molecular weight is 344 g/mol. The third kappa shape index (κ3) is 4.77. The van der Waals surface area contributed by atoms with Gasteiger partial charge >= 0.3 is 11.8 Å². The lowest BCUT2D eigenvalue weighted by molar-refractivity contribution is -0.729. The maximum Gasteiger partial charge on any atom is 0.411 e. The second kappa shape index (κ2) is 7.41. The Kier molecular flexibility index (Phi) is 5.53. The van der Waals surface area contributed by atoms with E-state index in [1.807, 2.05) is 0 Å². The van der Waals surface area contributed by atoms with Crippen LogP contribution in [0.1, 0.15) is 25.7 Å². The highest BCUT2D eigenvalue weighted by Gasteiger charge is 2.34. The molecule has 1 fully saturated rings. The van der Waals surface area contributed by atoms with Gasteiger partial charge in [-0.3, -0.25) is 5.32 Å². The van der Waals surface area contributed by atoms with Crippen molar-refractivity contribution < 1.29 is 28.4 Å². The van der Waals surface area contributed by atoms with Crippen molar-refractivity contribution in [3.8, 4) is 0 Å². The number of anilines is 2. The zero-order chi connectivity index (χ0) is 17.7. The van der Waals surface area contributed by atoms with Gasteiger partial charge in [-0.1, -0.05) is 0 Å². The van der Waals surface area contributed by atoms with Crippen LogP contribution in [-0.4, -0.2) is 35.8 Å². The van der Waals surface area contributed by atoms with Gasteiger partial charge in [0.25, 0.3) is 4.92 Å². The first kappa shape index (κ1) is 17.9. The molecule has 7 nitrogen and oxygen atoms in total. The molecular weight excluding hydrogens is 324 g/mol. The van der Waals surface area contributed by atoms with E-state index in [2.05, 4.69) is 15.4 Å². The summed E-state index contributed by atoms with van der Waals surface area (Å²) in [5.74, 6) is -2.51. The predicted octanol–water partition coefficient (Wildman–Crippen LogP) is 3.90. The van der Waals surface area contributed by atoms with E-state index in [4.69, 9.17) is 0 Å². The summed E-state index contributed by atoms with van der Waals surface area (Å²) in [6, 6.07) is 4.32. The van der Waals surface area contributed by atoms with E-state index in [9.17, 15) is 23.7 Å². The zero-order valence-electron chi connectivity index (χ0n) is 13.2. The van der Waals surface area contributed by atoms with Crippen LogP contribution in [0.25, 0.3) is 0 Å². The number of nitrogens with zero attached hydrogens (tertiary/aromatic N) is 1. The number of halogens is 2. The second-order valence-corrected chi connectivity index (χ2v) is 5.80. The molecule has 9 heteroatoms. The first-order valence-corrected chi connectivity index (χ1v) is 7.57. The molecule has 1 aromatic rings. The Hall–Kier alpha value is -2.45. The van der Waals surface area contributed by atoms with Crippen molar-refractivity contribution in [2.75, 3.05) is 24.3 Å². The largest absolute Gasteiger partial charge is 0.453 e. The third-order valence-corrected chi connectivity index (χ3v) is 4.05. The Morgan fingerprint density at radius 1 is 1.42 bits per heavy atom. The molecule has 1 aliphatic carbocycles. The van der Waals surface area contributed by atoms with Crippen molar-refractivity contribution in [3.63, 3.8) is 0 Å². The molecule has 0 bridgehead atoms. The number of hydrogen-bond donors (Lipinski definition) is 3. The molecule has 0 radical (unpaired) electrons. The molecule has 0 saturated heterocycles. The Bertz CT molecular complexity index is 615. The molecule has 132 valence electrons. The number of ether oxygens (including phenoxy) is 1. The number of benzene rings is 1. The molecule has 0 spiro atoms. The van der Waals surface area contributed by atoms with E-state index in [-0.39, 0.29) is 35.1 Å². The monoisotopic (exact) mass is 344 g/mol. The Morgan fingerprint density at radius 3 is 2.67 bits per heavy atom. The molecule has 1 saturated carbocycles. The Morgan fingerprint density at radius 2 is 2.08 bits per heavy atom. The predicted molar refractivity (Wildman–Crippen MR) is 82.9 cm³/mol. The summed E-state index contributed by atoms with van der Waals surface area (Å²) >= 11 is 0. The number of rotatable bonds is 5. The van der Waals surface area contributed by atoms with Gasteiger partial charge in [0.05, 0.1) is 17.7 Å². The summed E-state index contributed by atoms with van der Waals surface area (Å²) in [6.45, 7) is 0.417. The van der Waals surface area contributed by atoms with Crippen molar-refractivity contribution in [3.05, 3.63) is 23.1 Å². The van der Waals surface area contributed by atoms with Crippen molar-refractivity contribution in [1.29, 1.82) is 0 Å². The standard InChI is InChI=1S/C15H19F2N3O4/c1-24-14(21)19-11-2-3-12(13(8-11)20(22)23)18-9-10-4-6-15(16,17)7-5-10/h2-3,8,10,18H,4-7,9H2,1H3,(H-,19,21,22,23)/p+1. The molecule has 2 rings (SSSR count). The van der Waals surface area contributed by atoms with Gasteiger partial charge in [0.2, 0.25) is 5.92 Å². The number of methoxy groups -OCH3 is 1. The fourth-order valence-corrected chi connectivity index (χ4v) is 2.64. The van der Waals surface area contributed by atoms with Crippen LogP contribution in [-0.2, 0) is 4.74 Å². The van der Waals surface area contributed by atoms with Crippen LogP contribution in [0.4, 0.5) is 30.6 Å². The number of amides is 1. The van der Waals surface area contributed by atoms with Gasteiger partial charge in [0.15, 0.2) is 0 Å². The van der Waals surface area contributed by atoms with Crippen LogP contribution in [0.3, 0.4) is 0 Å². The normalized spacial score (nSPS) is 17.1. The van der Waals surface area contributed by atoms with Crippen molar-refractivity contribution in [1.82, 2.24) is 0 Å². The number of carbonyl (C=O) groups is 1. The van der Waals surface area contributed by atoms with Gasteiger partial charge in [0, 0.05) is 25.5 Å². The summed E-state index contributed by atoms with van der Waals surface area (Å²) in [5.41, 5.74) is 0.528. The number of hydrogen-bond acceptors (Lipinski definition) is 4. The number of alkyl halides is 2. The molecule has 0 unspecified atom stereocenters. The molecule has 0 heterocycles. The van der Waals surface area contributed by atoms with Crippen LogP contribution in [0, 0.1) is 10.8 Å². The summed E-state index contributed by atoms with van der Waals surface area (Å²) in [6.07, 6.45) is -0.182. The molecule has 24 heavy (non-hydrogen) atoms. The van der Waals surface area contributed by atoms with E-state index in [1.54, 1.807) is 0 Å². The van der Waals surface area contributed by atoms with Crippen molar-refractivity contribution >= 4 is 23.2 Å². The van der Waals surface area contributed by atoms with Gasteiger partial charge in [-0.25, -0.2) is 18.8 Å². The Balaban J connectivity index is 2.01. The fraction of sp³-hybridized carbons (Fsp3) is 0.533. The number of carbonyl (C=O) groups excluding carboxylic acids is 1. The molecule has 0 atom stereocenters. The first-order chi connectivity index (χ1) is 11.3. The summed E-state index contributed by atoms with van der Waals surface area (Å²) < 4.78 is 30.7. The summed E-state index contributed by atoms with van der Waals surface area (Å²) in [5, 5.41) is 14.6. The highest BCUT2D eigenvalue weighted by molar-refractivity contribution is 5.86. The summed E-state index contributed by atoms with van der Waals surface area (Å²) in [4.78, 5) is 22.1. The van der Waals surface area contributed by atoms with Gasteiger partial charge in [0.1, 0.15) is 5.69 Å². The molecule has 1 amide bonds. The van der Waals surface area contributed by atoms with Gasteiger partial charge in [-0.05, 0) is 30.9 Å². The SMILES string of the molecule is COC(=O)Nc1ccc(NCC2CCC(F)(F)CC2)c([N+](=O)O)c1. The van der Waals surface area contributed by atoms with E-state index in [0.717, 1.165) is 0 Å². The average Bonchev–Trinajstić information content (AvgIpc) is 2.54. The van der Waals surface area contributed by atoms with Crippen LogP contribution >= 0.6 is 0 Å². The summed E-state index contributed by atoms with van der Waals surface area (Å²) in [7, 11) is 1.20. The second-order valence-electron chi connectivity index (χ2n) is 5.80. The molecule has 0 aliphatic heterocycles. The van der Waals surface area contributed by atoms with Crippen LogP contribution in [0.2, 0.25) is 0 Å². The molecule has 1 aliphatic rings. The zero-order valence-corrected chi connectivity index (χ0v) is 13.2. The lowest BCUT2D eigenvalue weighted by Crippen LogP contribution is -2.28. The fourth-order valence-electron chi connectivity index (χ4n) is 2.64. The highest BCUT2D eigenvalue weighted by atomic mass is 19.3.